The van der Waals surface area contributed by atoms with Gasteiger partial charge < -0.3 is 10.0 Å². The maximum absolute atomic E-state index is 12.8. The highest BCUT2D eigenvalue weighted by Crippen LogP contribution is 2.23. The minimum absolute atomic E-state index is 0.0114. The molecule has 2 aromatic rings. The van der Waals surface area contributed by atoms with Crippen LogP contribution >= 0.6 is 0 Å². The molecule has 1 aliphatic rings. The highest BCUT2D eigenvalue weighted by Gasteiger charge is 2.27. The van der Waals surface area contributed by atoms with E-state index in [0.29, 0.717) is 13.0 Å². The number of rotatable bonds is 6. The van der Waals surface area contributed by atoms with Crippen LogP contribution < -0.4 is 0 Å². The predicted octanol–water partition coefficient (Wildman–Crippen LogP) is 2.50. The predicted molar refractivity (Wildman–Crippen MR) is 99.2 cm³/mol. The van der Waals surface area contributed by atoms with E-state index in [0.717, 1.165) is 30.6 Å². The number of nitrogens with zero attached hydrogens (tertiary/aromatic N) is 2. The number of aliphatic hydroxyl groups is 1. The third-order valence-corrected chi connectivity index (χ3v) is 4.92. The van der Waals surface area contributed by atoms with Gasteiger partial charge in [-0.1, -0.05) is 60.7 Å². The quantitative estimate of drug-likeness (QED) is 0.880. The average molecular weight is 338 g/mol. The Morgan fingerprint density at radius 3 is 2.40 bits per heavy atom. The summed E-state index contributed by atoms with van der Waals surface area (Å²) in [6.45, 7) is 2.31. The van der Waals surface area contributed by atoms with Gasteiger partial charge in [0.1, 0.15) is 0 Å². The molecule has 1 fully saturated rings. The fraction of sp³-hybridized carbons (Fsp3) is 0.381. The lowest BCUT2D eigenvalue weighted by molar-refractivity contribution is -0.131. The van der Waals surface area contributed by atoms with E-state index in [4.69, 9.17) is 0 Å². The molecule has 4 heteroatoms. The van der Waals surface area contributed by atoms with Crippen molar-refractivity contribution < 1.29 is 9.90 Å². The Balaban J connectivity index is 1.74. The molecule has 1 aliphatic heterocycles. The van der Waals surface area contributed by atoms with Gasteiger partial charge in [-0.15, -0.1) is 0 Å². The first-order valence-electron chi connectivity index (χ1n) is 8.88. The van der Waals surface area contributed by atoms with Crippen LogP contribution in [0.2, 0.25) is 0 Å². The largest absolute Gasteiger partial charge is 0.392 e. The van der Waals surface area contributed by atoms with Crippen molar-refractivity contribution in [2.75, 3.05) is 26.7 Å². The maximum atomic E-state index is 12.8. The first kappa shape index (κ1) is 17.6. The molecule has 0 saturated carbocycles. The lowest BCUT2D eigenvalue weighted by Gasteiger charge is -2.32. The monoisotopic (exact) mass is 338 g/mol. The average Bonchev–Trinajstić information content (AvgIpc) is 3.05. The van der Waals surface area contributed by atoms with Crippen LogP contribution in [0.4, 0.5) is 0 Å². The maximum Gasteiger partial charge on any atom is 0.227 e. The first-order valence-corrected chi connectivity index (χ1v) is 8.88. The molecule has 2 aromatic carbocycles. The van der Waals surface area contributed by atoms with Gasteiger partial charge in [-0.2, -0.15) is 0 Å². The Bertz CT molecular complexity index is 675. The molecular formula is C21H26N2O2. The van der Waals surface area contributed by atoms with Crippen molar-refractivity contribution in [1.82, 2.24) is 9.80 Å². The Morgan fingerprint density at radius 2 is 1.80 bits per heavy atom. The molecule has 1 heterocycles. The summed E-state index contributed by atoms with van der Waals surface area (Å²) in [6.07, 6.45) is 0.966. The van der Waals surface area contributed by atoms with Crippen LogP contribution in [0.5, 0.6) is 0 Å². The SMILES string of the molecule is CN(C(=O)Cc1ccccc1)C(CN1CCC(O)C1)c1ccccc1. The van der Waals surface area contributed by atoms with Crippen molar-refractivity contribution >= 4 is 5.91 Å². The summed E-state index contributed by atoms with van der Waals surface area (Å²) in [7, 11) is 1.88. The topological polar surface area (TPSA) is 43.8 Å². The number of likely N-dealkylation sites (tertiary alicyclic amines) is 1. The number of likely N-dealkylation sites (N-methyl/N-ethyl adjacent to an activating group) is 1. The Hall–Kier alpha value is -2.17. The number of β-amino-alcohol motifs (C(OH)–C–C–N with tert-alkyl or cyclic N) is 1. The Kier molecular flexibility index (Phi) is 5.84. The molecule has 1 N–H and O–H groups in total. The fourth-order valence-corrected chi connectivity index (χ4v) is 3.42. The molecule has 2 unspecified atom stereocenters. The van der Waals surface area contributed by atoms with Crippen molar-refractivity contribution in [2.24, 2.45) is 0 Å². The van der Waals surface area contributed by atoms with Gasteiger partial charge in [0, 0.05) is 26.7 Å². The summed E-state index contributed by atoms with van der Waals surface area (Å²) >= 11 is 0. The second-order valence-corrected chi connectivity index (χ2v) is 6.80. The molecule has 0 aromatic heterocycles. The van der Waals surface area contributed by atoms with Crippen molar-refractivity contribution in [3.63, 3.8) is 0 Å². The molecule has 0 radical (unpaired) electrons. The molecule has 0 bridgehead atoms. The number of hydrogen-bond donors (Lipinski definition) is 1. The number of carbonyl (C=O) groups is 1. The normalized spacial score (nSPS) is 18.9. The number of benzene rings is 2. The summed E-state index contributed by atoms with van der Waals surface area (Å²) in [4.78, 5) is 16.9. The van der Waals surface area contributed by atoms with Crippen LogP contribution in [-0.2, 0) is 11.2 Å². The second-order valence-electron chi connectivity index (χ2n) is 6.80. The zero-order valence-corrected chi connectivity index (χ0v) is 14.7. The van der Waals surface area contributed by atoms with E-state index in [1.165, 1.54) is 0 Å². The standard InChI is InChI=1S/C21H26N2O2/c1-22(21(25)14-17-8-4-2-5-9-17)20(18-10-6-3-7-11-18)16-23-13-12-19(24)15-23/h2-11,19-20,24H,12-16H2,1H3. The van der Waals surface area contributed by atoms with E-state index in [9.17, 15) is 9.90 Å². The van der Waals surface area contributed by atoms with Gasteiger partial charge in [-0.3, -0.25) is 9.69 Å². The third-order valence-electron chi connectivity index (χ3n) is 4.92. The third kappa shape index (κ3) is 4.68. The number of aliphatic hydroxyl groups excluding tert-OH is 1. The van der Waals surface area contributed by atoms with E-state index in [2.05, 4.69) is 17.0 Å². The van der Waals surface area contributed by atoms with Crippen molar-refractivity contribution in [3.8, 4) is 0 Å². The van der Waals surface area contributed by atoms with Crippen LogP contribution in [0.3, 0.4) is 0 Å². The van der Waals surface area contributed by atoms with E-state index in [-0.39, 0.29) is 18.1 Å². The zero-order chi connectivity index (χ0) is 17.6. The Labute approximate surface area is 149 Å². The number of carbonyl (C=O) groups excluding carboxylic acids is 1. The van der Waals surface area contributed by atoms with Crippen LogP contribution in [0.15, 0.2) is 60.7 Å². The van der Waals surface area contributed by atoms with Gasteiger partial charge >= 0.3 is 0 Å². The van der Waals surface area contributed by atoms with Gasteiger partial charge in [-0.05, 0) is 17.5 Å². The van der Waals surface area contributed by atoms with Crippen LogP contribution in [0.25, 0.3) is 0 Å². The van der Waals surface area contributed by atoms with Gasteiger partial charge in [0.25, 0.3) is 0 Å². The minimum Gasteiger partial charge on any atom is -0.392 e. The van der Waals surface area contributed by atoms with Gasteiger partial charge in [0.2, 0.25) is 5.91 Å². The summed E-state index contributed by atoms with van der Waals surface area (Å²) in [5, 5.41) is 9.80. The van der Waals surface area contributed by atoms with Crippen molar-refractivity contribution in [3.05, 3.63) is 71.8 Å². The molecular weight excluding hydrogens is 312 g/mol. The summed E-state index contributed by atoms with van der Waals surface area (Å²) < 4.78 is 0. The zero-order valence-electron chi connectivity index (χ0n) is 14.7. The smallest absolute Gasteiger partial charge is 0.227 e. The molecule has 1 amide bonds. The highest BCUT2D eigenvalue weighted by atomic mass is 16.3. The van der Waals surface area contributed by atoms with Gasteiger partial charge in [-0.25, -0.2) is 0 Å². The lowest BCUT2D eigenvalue weighted by Crippen LogP contribution is -2.39. The van der Waals surface area contributed by atoms with E-state index in [1.807, 2.05) is 60.5 Å². The van der Waals surface area contributed by atoms with E-state index in [1.54, 1.807) is 0 Å². The fourth-order valence-electron chi connectivity index (χ4n) is 3.42. The first-order chi connectivity index (χ1) is 12.1. The van der Waals surface area contributed by atoms with Crippen LogP contribution in [-0.4, -0.2) is 53.6 Å². The van der Waals surface area contributed by atoms with Gasteiger partial charge in [0.15, 0.2) is 0 Å². The lowest BCUT2D eigenvalue weighted by atomic mass is 10.0. The van der Waals surface area contributed by atoms with Crippen molar-refractivity contribution in [2.45, 2.75) is 25.0 Å². The van der Waals surface area contributed by atoms with Crippen LogP contribution in [0, 0.1) is 0 Å². The molecule has 3 rings (SSSR count). The number of hydrogen-bond acceptors (Lipinski definition) is 3. The van der Waals surface area contributed by atoms with Crippen LogP contribution in [0.1, 0.15) is 23.6 Å². The molecule has 2 atom stereocenters. The van der Waals surface area contributed by atoms with Crippen molar-refractivity contribution in [1.29, 1.82) is 0 Å². The molecule has 4 nitrogen and oxygen atoms in total. The highest BCUT2D eigenvalue weighted by molar-refractivity contribution is 5.79. The number of amides is 1. The van der Waals surface area contributed by atoms with E-state index < -0.39 is 0 Å². The minimum atomic E-state index is -0.248. The summed E-state index contributed by atoms with van der Waals surface area (Å²) in [6, 6.07) is 20.0. The Morgan fingerprint density at radius 1 is 1.16 bits per heavy atom. The molecule has 0 spiro atoms. The summed E-state index contributed by atoms with van der Waals surface area (Å²) in [5.41, 5.74) is 2.16. The molecule has 132 valence electrons. The molecule has 0 aliphatic carbocycles. The van der Waals surface area contributed by atoms with Gasteiger partial charge in [0.05, 0.1) is 18.6 Å². The van der Waals surface area contributed by atoms with E-state index >= 15 is 0 Å². The molecule has 1 saturated heterocycles. The summed E-state index contributed by atoms with van der Waals surface area (Å²) in [5.74, 6) is 0.111. The molecule has 25 heavy (non-hydrogen) atoms. The second kappa shape index (κ2) is 8.28.